The number of nitrogens with one attached hydrogen (secondary N) is 2. The summed E-state index contributed by atoms with van der Waals surface area (Å²) in [7, 11) is -4.24. The summed E-state index contributed by atoms with van der Waals surface area (Å²) in [4.78, 5) is 0.828. The molecule has 11 heteroatoms. The zero-order chi connectivity index (χ0) is 18.7. The average molecular weight is 397 g/mol. The molecule has 0 unspecified atom stereocenters. The molecule has 0 saturated carbocycles. The number of rotatable bonds is 5. The van der Waals surface area contributed by atoms with Crippen LogP contribution in [-0.2, 0) is 10.0 Å². The maximum atomic E-state index is 13.3. The van der Waals surface area contributed by atoms with Crippen LogP contribution in [0.25, 0.3) is 0 Å². The smallest absolute Gasteiger partial charge is 0.314 e. The van der Waals surface area contributed by atoms with Gasteiger partial charge in [-0.15, -0.1) is 0 Å². The minimum absolute atomic E-state index is 0.151. The van der Waals surface area contributed by atoms with E-state index >= 15 is 0 Å². The second-order valence-corrected chi connectivity index (χ2v) is 7.59. The molecule has 1 aliphatic heterocycles. The number of alkyl halides is 3. The highest BCUT2D eigenvalue weighted by Gasteiger charge is 2.44. The predicted octanol–water partition coefficient (Wildman–Crippen LogP) is 1.33. The van der Waals surface area contributed by atoms with Crippen LogP contribution in [0.5, 0.6) is 0 Å². The lowest BCUT2D eigenvalue weighted by Gasteiger charge is -2.35. The van der Waals surface area contributed by atoms with Gasteiger partial charge in [-0.25, -0.2) is 13.1 Å². The maximum absolute atomic E-state index is 13.3. The lowest BCUT2D eigenvalue weighted by Crippen LogP contribution is -2.57. The molecule has 6 nitrogen and oxygen atoms in total. The van der Waals surface area contributed by atoms with Crippen molar-refractivity contribution in [3.05, 3.63) is 28.8 Å². The summed E-state index contributed by atoms with van der Waals surface area (Å²) in [6.45, 7) is 0.330. The largest absolute Gasteiger partial charge is 0.405 e. The van der Waals surface area contributed by atoms with Gasteiger partial charge in [-0.1, -0.05) is 11.6 Å². The van der Waals surface area contributed by atoms with Gasteiger partial charge in [-0.05, 0) is 18.2 Å². The lowest BCUT2D eigenvalue weighted by atomic mass is 10.2. The van der Waals surface area contributed by atoms with Gasteiger partial charge < -0.3 is 5.32 Å². The van der Waals surface area contributed by atoms with Gasteiger partial charge in [0.25, 0.3) is 0 Å². The normalized spacial score (nSPS) is 17.9. The van der Waals surface area contributed by atoms with Crippen molar-refractivity contribution in [1.29, 1.82) is 5.26 Å². The number of sulfonamides is 1. The zero-order valence-corrected chi connectivity index (χ0v) is 14.5. The molecular weight excluding hydrogens is 381 g/mol. The first-order valence-electron chi connectivity index (χ1n) is 7.36. The fraction of sp³-hybridized carbons (Fsp3) is 0.500. The quantitative estimate of drug-likeness (QED) is 0.784. The van der Waals surface area contributed by atoms with E-state index in [4.69, 9.17) is 16.9 Å². The topological polar surface area (TPSA) is 85.2 Å². The molecule has 0 radical (unpaired) electrons. The van der Waals surface area contributed by atoms with Crippen LogP contribution in [0.4, 0.5) is 13.2 Å². The lowest BCUT2D eigenvalue weighted by molar-refractivity contribution is -0.182. The fourth-order valence-electron chi connectivity index (χ4n) is 2.50. The van der Waals surface area contributed by atoms with E-state index in [1.54, 1.807) is 6.07 Å². The highest BCUT2D eigenvalue weighted by atomic mass is 35.5. The first-order chi connectivity index (χ1) is 11.6. The Hall–Kier alpha value is -1.38. The van der Waals surface area contributed by atoms with Gasteiger partial charge >= 0.3 is 6.18 Å². The molecule has 2 N–H and O–H groups in total. The third kappa shape index (κ3) is 5.05. The van der Waals surface area contributed by atoms with Gasteiger partial charge in [0, 0.05) is 32.7 Å². The molecule has 25 heavy (non-hydrogen) atoms. The summed E-state index contributed by atoms with van der Waals surface area (Å²) in [6, 6.07) is 3.34. The summed E-state index contributed by atoms with van der Waals surface area (Å²) in [5.74, 6) is 0. The van der Waals surface area contributed by atoms with E-state index < -0.39 is 28.8 Å². The Morgan fingerprint density at radius 2 is 2.00 bits per heavy atom. The van der Waals surface area contributed by atoms with E-state index in [1.165, 1.54) is 11.0 Å². The van der Waals surface area contributed by atoms with Gasteiger partial charge in [0.05, 0.1) is 16.7 Å². The number of hydrogen-bond donors (Lipinski definition) is 2. The molecule has 138 valence electrons. The second kappa shape index (κ2) is 7.88. The molecule has 0 amide bonds. The molecule has 0 aliphatic carbocycles. The van der Waals surface area contributed by atoms with E-state index in [0.717, 1.165) is 12.1 Å². The van der Waals surface area contributed by atoms with Crippen molar-refractivity contribution in [3.63, 3.8) is 0 Å². The Bertz CT molecular complexity index is 758. The minimum atomic E-state index is -4.58. The molecule has 2 rings (SSSR count). The van der Waals surface area contributed by atoms with Crippen LogP contribution in [0.3, 0.4) is 0 Å². The number of nitriles is 1. The van der Waals surface area contributed by atoms with E-state index in [2.05, 4.69) is 5.32 Å². The highest BCUT2D eigenvalue weighted by Crippen LogP contribution is 2.26. The molecule has 1 aliphatic rings. The number of benzene rings is 1. The molecular formula is C14H16ClF3N4O2S. The van der Waals surface area contributed by atoms with E-state index in [-0.39, 0.29) is 28.6 Å². The Morgan fingerprint density at radius 3 is 2.52 bits per heavy atom. The maximum Gasteiger partial charge on any atom is 0.405 e. The Balaban J connectivity index is 2.17. The Kier molecular flexibility index (Phi) is 6.29. The van der Waals surface area contributed by atoms with Crippen molar-refractivity contribution in [2.75, 3.05) is 32.7 Å². The van der Waals surface area contributed by atoms with Crippen molar-refractivity contribution in [1.82, 2.24) is 14.9 Å². The molecule has 1 aromatic rings. The van der Waals surface area contributed by atoms with E-state index in [0.29, 0.717) is 13.1 Å². The fourth-order valence-corrected chi connectivity index (χ4v) is 4.08. The Morgan fingerprint density at radius 1 is 1.36 bits per heavy atom. The molecule has 1 heterocycles. The molecule has 1 fully saturated rings. The average Bonchev–Trinajstić information content (AvgIpc) is 2.54. The first kappa shape index (κ1) is 19.9. The van der Waals surface area contributed by atoms with Crippen LogP contribution >= 0.6 is 11.6 Å². The molecule has 1 atom stereocenters. The van der Waals surface area contributed by atoms with Gasteiger partial charge in [0.1, 0.15) is 10.9 Å². The molecule has 1 saturated heterocycles. The SMILES string of the molecule is N#Cc1ccc(S(=O)(=O)NC[C@@H](N2CCNCC2)C(F)(F)F)c(Cl)c1. The van der Waals surface area contributed by atoms with Gasteiger partial charge in [-0.3, -0.25) is 4.90 Å². The third-order valence-corrected chi connectivity index (χ3v) is 5.69. The van der Waals surface area contributed by atoms with Crippen LogP contribution < -0.4 is 10.0 Å². The van der Waals surface area contributed by atoms with Crippen LogP contribution in [-0.4, -0.2) is 58.3 Å². The van der Waals surface area contributed by atoms with E-state index in [9.17, 15) is 21.6 Å². The molecule has 0 aromatic heterocycles. The summed E-state index contributed by atoms with van der Waals surface area (Å²) in [6.07, 6.45) is -4.58. The van der Waals surface area contributed by atoms with E-state index in [1.807, 2.05) is 4.72 Å². The molecule has 1 aromatic carbocycles. The van der Waals surface area contributed by atoms with Crippen LogP contribution in [0.15, 0.2) is 23.1 Å². The molecule has 0 spiro atoms. The van der Waals surface area contributed by atoms with Crippen molar-refractivity contribution >= 4 is 21.6 Å². The van der Waals surface area contributed by atoms with Crippen molar-refractivity contribution in [2.24, 2.45) is 0 Å². The van der Waals surface area contributed by atoms with Crippen LogP contribution in [0.1, 0.15) is 5.56 Å². The highest BCUT2D eigenvalue weighted by molar-refractivity contribution is 7.89. The van der Waals surface area contributed by atoms with Crippen LogP contribution in [0.2, 0.25) is 5.02 Å². The summed E-state index contributed by atoms with van der Waals surface area (Å²) >= 11 is 5.84. The third-order valence-electron chi connectivity index (χ3n) is 3.79. The second-order valence-electron chi connectivity index (χ2n) is 5.45. The zero-order valence-electron chi connectivity index (χ0n) is 13.0. The number of piperazine rings is 1. The van der Waals surface area contributed by atoms with Gasteiger partial charge in [0.2, 0.25) is 10.0 Å². The van der Waals surface area contributed by atoms with Gasteiger partial charge in [-0.2, -0.15) is 18.4 Å². The van der Waals surface area contributed by atoms with Crippen molar-refractivity contribution < 1.29 is 21.6 Å². The minimum Gasteiger partial charge on any atom is -0.314 e. The summed E-state index contributed by atoms with van der Waals surface area (Å²) in [5.41, 5.74) is 0.151. The van der Waals surface area contributed by atoms with Crippen LogP contribution in [0, 0.1) is 11.3 Å². The predicted molar refractivity (Wildman–Crippen MR) is 85.6 cm³/mol. The van der Waals surface area contributed by atoms with Crippen molar-refractivity contribution in [3.8, 4) is 6.07 Å². The summed E-state index contributed by atoms with van der Waals surface area (Å²) < 4.78 is 66.5. The van der Waals surface area contributed by atoms with Gasteiger partial charge in [0.15, 0.2) is 0 Å². The molecule has 0 bridgehead atoms. The standard InChI is InChI=1S/C14H16ClF3N4O2S/c15-11-7-10(8-19)1-2-12(11)25(23,24)21-9-13(14(16,17)18)22-5-3-20-4-6-22/h1-2,7,13,20-21H,3-6,9H2/t13-/m1/s1. The van der Waals surface area contributed by atoms with Crippen molar-refractivity contribution in [2.45, 2.75) is 17.1 Å². The Labute approximate surface area is 148 Å². The number of halogens is 4. The number of hydrogen-bond acceptors (Lipinski definition) is 5. The first-order valence-corrected chi connectivity index (χ1v) is 9.22. The monoisotopic (exact) mass is 396 g/mol. The summed E-state index contributed by atoms with van der Waals surface area (Å²) in [5, 5.41) is 11.5. The number of nitrogens with zero attached hydrogens (tertiary/aromatic N) is 2.